The van der Waals surface area contributed by atoms with E-state index in [-0.39, 0.29) is 31.4 Å². The van der Waals surface area contributed by atoms with Gasteiger partial charge in [0, 0.05) is 20.4 Å². The smallest absolute Gasteiger partial charge is 0.361 e. The minimum atomic E-state index is -0.577. The molecule has 0 aliphatic rings. The summed E-state index contributed by atoms with van der Waals surface area (Å²) in [7, 11) is 4.69. The van der Waals surface area contributed by atoms with E-state index in [1.165, 1.54) is 28.0 Å². The van der Waals surface area contributed by atoms with Gasteiger partial charge in [-0.15, -0.1) is 11.3 Å². The van der Waals surface area contributed by atoms with Gasteiger partial charge in [0.2, 0.25) is 0 Å². The summed E-state index contributed by atoms with van der Waals surface area (Å²) in [5.74, 6) is -0.190. The molecule has 0 fully saturated rings. The third-order valence-electron chi connectivity index (χ3n) is 3.36. The Morgan fingerprint density at radius 3 is 2.76 bits per heavy atom. The topological polar surface area (TPSA) is 82.9 Å². The van der Waals surface area contributed by atoms with Gasteiger partial charge in [-0.25, -0.2) is 4.79 Å². The van der Waals surface area contributed by atoms with Gasteiger partial charge in [-0.05, 0) is 18.4 Å². The van der Waals surface area contributed by atoms with Gasteiger partial charge >= 0.3 is 5.97 Å². The van der Waals surface area contributed by atoms with E-state index >= 15 is 0 Å². The lowest BCUT2D eigenvalue weighted by atomic mass is 10.3. The molecule has 2 heterocycles. The molecule has 8 nitrogen and oxygen atoms in total. The molecule has 2 rings (SSSR count). The highest BCUT2D eigenvalue weighted by Crippen LogP contribution is 2.29. The molecule has 0 unspecified atom stereocenters. The number of aryl methyl sites for hydroxylation is 1. The van der Waals surface area contributed by atoms with E-state index in [1.54, 1.807) is 27.3 Å². The molecule has 9 heteroatoms. The van der Waals surface area contributed by atoms with E-state index in [4.69, 9.17) is 14.2 Å². The lowest BCUT2D eigenvalue weighted by Gasteiger charge is -2.21. The first-order valence-corrected chi connectivity index (χ1v) is 8.50. The van der Waals surface area contributed by atoms with E-state index in [9.17, 15) is 9.59 Å². The second-order valence-electron chi connectivity index (χ2n) is 5.08. The van der Waals surface area contributed by atoms with Crippen molar-refractivity contribution in [1.82, 2.24) is 9.78 Å². The average Bonchev–Trinajstić information content (AvgIpc) is 3.18. The van der Waals surface area contributed by atoms with Crippen molar-refractivity contribution >= 4 is 28.9 Å². The summed E-state index contributed by atoms with van der Waals surface area (Å²) in [4.78, 5) is 27.1. The summed E-state index contributed by atoms with van der Waals surface area (Å²) < 4.78 is 16.8. The minimum Gasteiger partial charge on any atom is -0.496 e. The average molecular weight is 367 g/mol. The zero-order chi connectivity index (χ0) is 18.4. The fraction of sp³-hybridized carbons (Fsp3) is 0.438. The van der Waals surface area contributed by atoms with Crippen molar-refractivity contribution in [3.63, 3.8) is 0 Å². The SMILES string of the molecule is CCOC(=O)c1nn(C)cc1N(Cc1sccc1OC)C(=O)COC. The molecule has 2 aromatic rings. The number of thiophene rings is 1. The van der Waals surface area contributed by atoms with E-state index in [0.29, 0.717) is 11.4 Å². The van der Waals surface area contributed by atoms with Crippen LogP contribution in [0.4, 0.5) is 5.69 Å². The lowest BCUT2D eigenvalue weighted by molar-refractivity contribution is -0.122. The van der Waals surface area contributed by atoms with Gasteiger partial charge in [0.05, 0.1) is 30.8 Å². The molecule has 0 N–H and O–H groups in total. The largest absolute Gasteiger partial charge is 0.496 e. The number of methoxy groups -OCH3 is 2. The van der Waals surface area contributed by atoms with Gasteiger partial charge in [0.25, 0.3) is 5.91 Å². The number of anilines is 1. The third kappa shape index (κ3) is 4.37. The second kappa shape index (κ2) is 8.63. The molecule has 0 atom stereocenters. The highest BCUT2D eigenvalue weighted by Gasteiger charge is 2.27. The molecule has 0 aliphatic carbocycles. The number of rotatable bonds is 8. The molecular formula is C16H21N3O5S. The van der Waals surface area contributed by atoms with E-state index in [2.05, 4.69) is 5.10 Å². The number of amides is 1. The molecule has 0 radical (unpaired) electrons. The van der Waals surface area contributed by atoms with E-state index in [1.807, 2.05) is 11.4 Å². The number of ether oxygens (including phenoxy) is 3. The standard InChI is InChI=1S/C16H21N3O5S/c1-5-24-16(21)15-11(8-18(2)17-15)19(14(20)10-22-3)9-13-12(23-4)6-7-25-13/h6-8H,5,9-10H2,1-4H3. The molecule has 25 heavy (non-hydrogen) atoms. The number of aromatic nitrogens is 2. The number of carbonyl (C=O) groups excluding carboxylic acids is 2. The zero-order valence-corrected chi connectivity index (χ0v) is 15.5. The van der Waals surface area contributed by atoms with Gasteiger partial charge < -0.3 is 19.1 Å². The van der Waals surface area contributed by atoms with Crippen LogP contribution in [0.15, 0.2) is 17.6 Å². The summed E-state index contributed by atoms with van der Waals surface area (Å²) in [5.41, 5.74) is 0.461. The van der Waals surface area contributed by atoms with Crippen LogP contribution >= 0.6 is 11.3 Å². The van der Waals surface area contributed by atoms with Crippen molar-refractivity contribution in [1.29, 1.82) is 0 Å². The van der Waals surface area contributed by atoms with Gasteiger partial charge in [-0.3, -0.25) is 9.48 Å². The van der Waals surface area contributed by atoms with Gasteiger partial charge in [0.1, 0.15) is 12.4 Å². The first kappa shape index (κ1) is 18.9. The number of hydrogen-bond donors (Lipinski definition) is 0. The van der Waals surface area contributed by atoms with Crippen LogP contribution in [0.5, 0.6) is 5.75 Å². The molecule has 1 amide bonds. The Morgan fingerprint density at radius 2 is 2.12 bits per heavy atom. The molecular weight excluding hydrogens is 346 g/mol. The Kier molecular flexibility index (Phi) is 6.54. The van der Waals surface area contributed by atoms with E-state index < -0.39 is 5.97 Å². The number of hydrogen-bond acceptors (Lipinski definition) is 7. The normalized spacial score (nSPS) is 10.6. The van der Waals surface area contributed by atoms with Crippen LogP contribution < -0.4 is 9.64 Å². The van der Waals surface area contributed by atoms with Crippen molar-refractivity contribution < 1.29 is 23.8 Å². The monoisotopic (exact) mass is 367 g/mol. The van der Waals surface area contributed by atoms with Crippen LogP contribution in [0, 0.1) is 0 Å². The molecule has 136 valence electrons. The molecule has 0 saturated heterocycles. The van der Waals surface area contributed by atoms with Crippen molar-refractivity contribution in [2.75, 3.05) is 32.3 Å². The van der Waals surface area contributed by atoms with Crippen LogP contribution in [0.25, 0.3) is 0 Å². The maximum absolute atomic E-state index is 12.6. The van der Waals surface area contributed by atoms with Crippen LogP contribution in [0.2, 0.25) is 0 Å². The minimum absolute atomic E-state index is 0.0873. The Balaban J connectivity index is 2.42. The molecule has 0 aliphatic heterocycles. The molecule has 0 saturated carbocycles. The van der Waals surface area contributed by atoms with Gasteiger partial charge in [0.15, 0.2) is 5.69 Å². The summed E-state index contributed by atoms with van der Waals surface area (Å²) in [6, 6.07) is 1.83. The molecule has 2 aromatic heterocycles. The Bertz CT molecular complexity index is 740. The number of carbonyl (C=O) groups is 2. The highest BCUT2D eigenvalue weighted by atomic mass is 32.1. The number of esters is 1. The van der Waals surface area contributed by atoms with Crippen molar-refractivity contribution in [2.45, 2.75) is 13.5 Å². The van der Waals surface area contributed by atoms with Crippen molar-refractivity contribution in [3.8, 4) is 5.75 Å². The highest BCUT2D eigenvalue weighted by molar-refractivity contribution is 7.10. The Labute approximate surface area is 149 Å². The van der Waals surface area contributed by atoms with Gasteiger partial charge in [-0.1, -0.05) is 0 Å². The number of nitrogens with zero attached hydrogens (tertiary/aromatic N) is 3. The van der Waals surface area contributed by atoms with Crippen molar-refractivity contribution in [3.05, 3.63) is 28.2 Å². The lowest BCUT2D eigenvalue weighted by Crippen LogP contribution is -2.34. The summed E-state index contributed by atoms with van der Waals surface area (Å²) in [6.45, 7) is 2.05. The Morgan fingerprint density at radius 1 is 1.36 bits per heavy atom. The summed E-state index contributed by atoms with van der Waals surface area (Å²) in [6.07, 6.45) is 1.61. The predicted molar refractivity (Wildman–Crippen MR) is 93.1 cm³/mol. The summed E-state index contributed by atoms with van der Waals surface area (Å²) in [5, 5.41) is 6.02. The third-order valence-corrected chi connectivity index (χ3v) is 4.25. The molecule has 0 bridgehead atoms. The second-order valence-corrected chi connectivity index (χ2v) is 6.08. The van der Waals surface area contributed by atoms with Crippen LogP contribution in [-0.2, 0) is 27.9 Å². The first-order valence-electron chi connectivity index (χ1n) is 7.62. The summed E-state index contributed by atoms with van der Waals surface area (Å²) >= 11 is 1.46. The molecule has 0 spiro atoms. The zero-order valence-electron chi connectivity index (χ0n) is 14.6. The van der Waals surface area contributed by atoms with Crippen LogP contribution in [0.1, 0.15) is 22.3 Å². The van der Waals surface area contributed by atoms with Gasteiger partial charge in [-0.2, -0.15) is 5.10 Å². The predicted octanol–water partition coefficient (Wildman–Crippen LogP) is 1.85. The van der Waals surface area contributed by atoms with Crippen LogP contribution in [-0.4, -0.2) is 49.1 Å². The fourth-order valence-electron chi connectivity index (χ4n) is 2.30. The maximum atomic E-state index is 12.6. The van der Waals surface area contributed by atoms with Crippen LogP contribution in [0.3, 0.4) is 0 Å². The van der Waals surface area contributed by atoms with E-state index in [0.717, 1.165) is 4.88 Å². The first-order chi connectivity index (χ1) is 12.0. The Hall–Kier alpha value is -2.39. The molecule has 0 aromatic carbocycles. The quantitative estimate of drug-likeness (QED) is 0.662. The fourth-order valence-corrected chi connectivity index (χ4v) is 3.12. The van der Waals surface area contributed by atoms with Crippen molar-refractivity contribution in [2.24, 2.45) is 7.05 Å². The maximum Gasteiger partial charge on any atom is 0.361 e.